The lowest BCUT2D eigenvalue weighted by atomic mass is 10.1. The zero-order valence-electron chi connectivity index (χ0n) is 8.34. The number of carbonyl (C=O) groups excluding carboxylic acids is 2. The number of nitrogens with one attached hydrogen (secondary N) is 2. The molecule has 0 bridgehead atoms. The molecule has 0 radical (unpaired) electrons. The molecule has 2 amide bonds. The molecule has 0 aromatic carbocycles. The molecule has 0 aromatic rings. The summed E-state index contributed by atoms with van der Waals surface area (Å²) in [5, 5.41) is 5.55. The molecule has 5 nitrogen and oxygen atoms in total. The van der Waals surface area contributed by atoms with Crippen LogP contribution >= 0.6 is 0 Å². The van der Waals surface area contributed by atoms with Gasteiger partial charge in [-0.1, -0.05) is 0 Å². The highest BCUT2D eigenvalue weighted by atomic mass is 16.5. The first-order valence-electron chi connectivity index (χ1n) is 4.77. The lowest BCUT2D eigenvalue weighted by Gasteiger charge is -2.23. The molecule has 1 fully saturated rings. The summed E-state index contributed by atoms with van der Waals surface area (Å²) in [5.41, 5.74) is 0. The first-order valence-corrected chi connectivity index (χ1v) is 4.77. The van der Waals surface area contributed by atoms with E-state index < -0.39 is 0 Å². The van der Waals surface area contributed by atoms with Crippen LogP contribution in [0, 0.1) is 0 Å². The molecule has 2 N–H and O–H groups in total. The lowest BCUT2D eigenvalue weighted by molar-refractivity contribution is -0.126. The molecule has 1 heterocycles. The molecule has 14 heavy (non-hydrogen) atoms. The summed E-state index contributed by atoms with van der Waals surface area (Å²) in [4.78, 5) is 22.1. The van der Waals surface area contributed by atoms with Gasteiger partial charge in [-0.15, -0.1) is 0 Å². The van der Waals surface area contributed by atoms with Crippen LogP contribution in [0.2, 0.25) is 0 Å². The molecule has 5 heteroatoms. The quantitative estimate of drug-likeness (QED) is 0.638. The van der Waals surface area contributed by atoms with E-state index >= 15 is 0 Å². The van der Waals surface area contributed by atoms with Gasteiger partial charge in [0.2, 0.25) is 11.8 Å². The van der Waals surface area contributed by atoms with Crippen molar-refractivity contribution >= 4 is 11.8 Å². The van der Waals surface area contributed by atoms with E-state index in [9.17, 15) is 9.59 Å². The Hall–Kier alpha value is -1.10. The Labute approximate surface area is 83.2 Å². The molecule has 0 spiro atoms. The normalized spacial score (nSPS) is 21.5. The SMILES string of the molecule is COCCC(=O)NC1CCC(=O)NC1. The van der Waals surface area contributed by atoms with E-state index in [1.807, 2.05) is 0 Å². The standard InChI is InChI=1S/C9H16N2O3/c1-14-5-4-9(13)11-7-2-3-8(12)10-6-7/h7H,2-6H2,1H3,(H,10,12)(H,11,13). The molecule has 0 saturated carbocycles. The van der Waals surface area contributed by atoms with E-state index in [2.05, 4.69) is 10.6 Å². The molecule has 1 atom stereocenters. The van der Waals surface area contributed by atoms with Gasteiger partial charge in [-0.25, -0.2) is 0 Å². The number of carbonyl (C=O) groups is 2. The summed E-state index contributed by atoms with van der Waals surface area (Å²) in [6.45, 7) is 0.975. The smallest absolute Gasteiger partial charge is 0.222 e. The molecule has 0 aromatic heterocycles. The summed E-state index contributed by atoms with van der Waals surface area (Å²) >= 11 is 0. The Balaban J connectivity index is 2.17. The molecule has 1 saturated heterocycles. The average molecular weight is 200 g/mol. The predicted molar refractivity (Wildman–Crippen MR) is 50.7 cm³/mol. The van der Waals surface area contributed by atoms with Crippen LogP contribution in [-0.2, 0) is 14.3 Å². The van der Waals surface area contributed by atoms with Crippen LogP contribution in [0.1, 0.15) is 19.3 Å². The van der Waals surface area contributed by atoms with Gasteiger partial charge in [-0.3, -0.25) is 9.59 Å². The topological polar surface area (TPSA) is 67.4 Å². The number of methoxy groups -OCH3 is 1. The van der Waals surface area contributed by atoms with E-state index in [0.29, 0.717) is 26.0 Å². The molecule has 0 aliphatic carbocycles. The highest BCUT2D eigenvalue weighted by Gasteiger charge is 2.18. The van der Waals surface area contributed by atoms with Gasteiger partial charge in [0.05, 0.1) is 6.61 Å². The number of rotatable bonds is 4. The van der Waals surface area contributed by atoms with Crippen molar-refractivity contribution in [3.8, 4) is 0 Å². The first kappa shape index (κ1) is 11.0. The second-order valence-corrected chi connectivity index (χ2v) is 3.35. The van der Waals surface area contributed by atoms with E-state index in [-0.39, 0.29) is 17.9 Å². The Morgan fingerprint density at radius 3 is 3.07 bits per heavy atom. The molecule has 1 aliphatic rings. The summed E-state index contributed by atoms with van der Waals surface area (Å²) in [6, 6.07) is 0.0806. The fraction of sp³-hybridized carbons (Fsp3) is 0.778. The van der Waals surface area contributed by atoms with Crippen LogP contribution in [-0.4, -0.2) is 38.1 Å². The predicted octanol–water partition coefficient (Wildman–Crippen LogP) is -0.582. The van der Waals surface area contributed by atoms with Gasteiger partial charge in [-0.2, -0.15) is 0 Å². The average Bonchev–Trinajstić information content (AvgIpc) is 2.18. The van der Waals surface area contributed by atoms with E-state index in [1.54, 1.807) is 7.11 Å². The molecule has 1 rings (SSSR count). The highest BCUT2D eigenvalue weighted by Crippen LogP contribution is 2.02. The summed E-state index contributed by atoms with van der Waals surface area (Å²) in [6.07, 6.45) is 1.60. The van der Waals surface area contributed by atoms with E-state index in [4.69, 9.17) is 4.74 Å². The number of amides is 2. The van der Waals surface area contributed by atoms with Crippen molar-refractivity contribution in [2.75, 3.05) is 20.3 Å². The minimum Gasteiger partial charge on any atom is -0.384 e. The third-order valence-corrected chi connectivity index (χ3v) is 2.16. The third kappa shape index (κ3) is 3.74. The highest BCUT2D eigenvalue weighted by molar-refractivity contribution is 5.78. The number of hydrogen-bond acceptors (Lipinski definition) is 3. The van der Waals surface area contributed by atoms with Gasteiger partial charge in [0.15, 0.2) is 0 Å². The van der Waals surface area contributed by atoms with Crippen molar-refractivity contribution in [1.82, 2.24) is 10.6 Å². The minimum atomic E-state index is -0.0204. The molecule has 80 valence electrons. The maximum atomic E-state index is 11.2. The van der Waals surface area contributed by atoms with Crippen molar-refractivity contribution in [3.05, 3.63) is 0 Å². The van der Waals surface area contributed by atoms with Crippen LogP contribution in [0.5, 0.6) is 0 Å². The van der Waals surface area contributed by atoms with Crippen molar-refractivity contribution < 1.29 is 14.3 Å². The van der Waals surface area contributed by atoms with Gasteiger partial charge in [0.1, 0.15) is 0 Å². The van der Waals surface area contributed by atoms with Gasteiger partial charge in [0, 0.05) is 32.5 Å². The van der Waals surface area contributed by atoms with E-state index in [1.165, 1.54) is 0 Å². The van der Waals surface area contributed by atoms with Gasteiger partial charge in [0.25, 0.3) is 0 Å². The zero-order valence-corrected chi connectivity index (χ0v) is 8.34. The summed E-state index contributed by atoms with van der Waals surface area (Å²) < 4.78 is 4.79. The number of ether oxygens (including phenoxy) is 1. The number of hydrogen-bond donors (Lipinski definition) is 2. The first-order chi connectivity index (χ1) is 6.72. The number of piperidine rings is 1. The third-order valence-electron chi connectivity index (χ3n) is 2.16. The fourth-order valence-corrected chi connectivity index (χ4v) is 1.35. The maximum absolute atomic E-state index is 11.2. The Bertz CT molecular complexity index is 208. The monoisotopic (exact) mass is 200 g/mol. The summed E-state index contributed by atoms with van der Waals surface area (Å²) in [7, 11) is 1.56. The van der Waals surface area contributed by atoms with Crippen LogP contribution in [0.4, 0.5) is 0 Å². The fourth-order valence-electron chi connectivity index (χ4n) is 1.35. The van der Waals surface area contributed by atoms with Crippen molar-refractivity contribution in [2.45, 2.75) is 25.3 Å². The van der Waals surface area contributed by atoms with E-state index in [0.717, 1.165) is 6.42 Å². The Morgan fingerprint density at radius 1 is 1.71 bits per heavy atom. The second kappa shape index (κ2) is 5.59. The minimum absolute atomic E-state index is 0.0204. The van der Waals surface area contributed by atoms with Crippen molar-refractivity contribution in [1.29, 1.82) is 0 Å². The van der Waals surface area contributed by atoms with Crippen LogP contribution in [0.25, 0.3) is 0 Å². The van der Waals surface area contributed by atoms with Crippen LogP contribution in [0.3, 0.4) is 0 Å². The second-order valence-electron chi connectivity index (χ2n) is 3.35. The molecular weight excluding hydrogens is 184 g/mol. The molecule has 1 unspecified atom stereocenters. The molecule has 1 aliphatic heterocycles. The van der Waals surface area contributed by atoms with Gasteiger partial charge >= 0.3 is 0 Å². The van der Waals surface area contributed by atoms with Crippen molar-refractivity contribution in [2.24, 2.45) is 0 Å². The maximum Gasteiger partial charge on any atom is 0.222 e. The van der Waals surface area contributed by atoms with Gasteiger partial charge in [-0.05, 0) is 6.42 Å². The van der Waals surface area contributed by atoms with Crippen LogP contribution in [0.15, 0.2) is 0 Å². The Kier molecular flexibility index (Phi) is 4.39. The van der Waals surface area contributed by atoms with Crippen LogP contribution < -0.4 is 10.6 Å². The Morgan fingerprint density at radius 2 is 2.50 bits per heavy atom. The van der Waals surface area contributed by atoms with Crippen molar-refractivity contribution in [3.63, 3.8) is 0 Å². The zero-order chi connectivity index (χ0) is 10.4. The lowest BCUT2D eigenvalue weighted by Crippen LogP contribution is -2.47. The molecular formula is C9H16N2O3. The van der Waals surface area contributed by atoms with Gasteiger partial charge < -0.3 is 15.4 Å². The summed E-state index contributed by atoms with van der Waals surface area (Å²) in [5.74, 6) is 0.0420. The largest absolute Gasteiger partial charge is 0.384 e.